The first kappa shape index (κ1) is 22.4. The summed E-state index contributed by atoms with van der Waals surface area (Å²) in [6, 6.07) is 4.40. The molecule has 1 aromatic rings. The van der Waals surface area contributed by atoms with E-state index in [1.54, 1.807) is 31.7 Å². The maximum absolute atomic E-state index is 12.7. The van der Waals surface area contributed by atoms with Gasteiger partial charge >= 0.3 is 5.97 Å². The van der Waals surface area contributed by atoms with Crippen LogP contribution in [-0.4, -0.2) is 62.3 Å². The Hall–Kier alpha value is -1.93. The molecular weight excluding hydrogens is 380 g/mol. The number of hydrogen-bond donors (Lipinski definition) is 0. The Morgan fingerprint density at radius 3 is 2.36 bits per heavy atom. The number of sulfonamides is 1. The van der Waals surface area contributed by atoms with Crippen LogP contribution in [0.1, 0.15) is 49.5 Å². The van der Waals surface area contributed by atoms with E-state index in [9.17, 15) is 18.0 Å². The molecule has 1 aliphatic heterocycles. The highest BCUT2D eigenvalue weighted by Crippen LogP contribution is 2.21. The van der Waals surface area contributed by atoms with Gasteiger partial charge in [-0.15, -0.1) is 0 Å². The second-order valence-electron chi connectivity index (χ2n) is 7.21. The molecule has 1 aliphatic rings. The van der Waals surface area contributed by atoms with Gasteiger partial charge in [0, 0.05) is 26.2 Å². The van der Waals surface area contributed by atoms with Crippen LogP contribution in [0.4, 0.5) is 0 Å². The van der Waals surface area contributed by atoms with Crippen molar-refractivity contribution in [3.63, 3.8) is 0 Å². The average Bonchev–Trinajstić information content (AvgIpc) is 2.67. The summed E-state index contributed by atoms with van der Waals surface area (Å²) in [6.45, 7) is 9.09. The van der Waals surface area contributed by atoms with Crippen LogP contribution in [-0.2, 0) is 19.6 Å². The van der Waals surface area contributed by atoms with Gasteiger partial charge < -0.3 is 9.64 Å². The Balaban J connectivity index is 2.10. The fourth-order valence-electron chi connectivity index (χ4n) is 3.25. The summed E-state index contributed by atoms with van der Waals surface area (Å²) in [6.07, 6.45) is 1.90. The Kier molecular flexibility index (Phi) is 7.60. The summed E-state index contributed by atoms with van der Waals surface area (Å²) in [4.78, 5) is 26.5. The molecule has 1 fully saturated rings. The third-order valence-corrected chi connectivity index (χ3v) is 7.28. The summed E-state index contributed by atoms with van der Waals surface area (Å²) in [5.41, 5.74) is 0.760. The van der Waals surface area contributed by atoms with Gasteiger partial charge in [0.25, 0.3) is 5.91 Å². The molecule has 0 unspecified atom stereocenters. The zero-order valence-electron chi connectivity index (χ0n) is 17.1. The van der Waals surface area contributed by atoms with Crippen molar-refractivity contribution in [2.75, 3.05) is 32.8 Å². The second-order valence-corrected chi connectivity index (χ2v) is 9.14. The van der Waals surface area contributed by atoms with E-state index in [0.717, 1.165) is 12.8 Å². The van der Waals surface area contributed by atoms with Crippen LogP contribution in [0.15, 0.2) is 23.1 Å². The molecule has 8 heteroatoms. The number of likely N-dealkylation sites (tertiary alicyclic amines) is 1. The maximum atomic E-state index is 12.7. The molecule has 0 aliphatic carbocycles. The highest BCUT2D eigenvalue weighted by Gasteiger charge is 2.25. The number of carbonyl (C=O) groups excluding carboxylic acids is 2. The molecule has 2 rings (SSSR count). The average molecular weight is 411 g/mol. The van der Waals surface area contributed by atoms with E-state index in [1.807, 2.05) is 0 Å². The number of carbonyl (C=O) groups is 2. The number of benzene rings is 1. The lowest BCUT2D eigenvalue weighted by Crippen LogP contribution is -2.40. The lowest BCUT2D eigenvalue weighted by Gasteiger charge is -2.30. The lowest BCUT2D eigenvalue weighted by atomic mass is 9.99. The van der Waals surface area contributed by atoms with Crippen molar-refractivity contribution in [3.8, 4) is 0 Å². The molecule has 28 heavy (non-hydrogen) atoms. The smallest absolute Gasteiger partial charge is 0.338 e. The first-order valence-corrected chi connectivity index (χ1v) is 11.2. The number of esters is 1. The summed E-state index contributed by atoms with van der Waals surface area (Å²) in [7, 11) is -3.68. The third kappa shape index (κ3) is 5.11. The molecule has 0 aromatic heterocycles. The quantitative estimate of drug-likeness (QED) is 0.645. The topological polar surface area (TPSA) is 84.0 Å². The van der Waals surface area contributed by atoms with Gasteiger partial charge in [-0.1, -0.05) is 26.8 Å². The first-order chi connectivity index (χ1) is 13.2. The van der Waals surface area contributed by atoms with Gasteiger partial charge in [0.2, 0.25) is 10.0 Å². The summed E-state index contributed by atoms with van der Waals surface area (Å²) in [5.74, 6) is -0.303. The molecule has 0 bridgehead atoms. The molecule has 1 saturated heterocycles. The number of piperidine rings is 1. The molecule has 0 atom stereocenters. The molecule has 156 valence electrons. The number of amides is 1. The van der Waals surface area contributed by atoms with Crippen molar-refractivity contribution in [2.45, 2.75) is 45.4 Å². The minimum absolute atomic E-state index is 0.0464. The highest BCUT2D eigenvalue weighted by atomic mass is 32.2. The minimum atomic E-state index is -3.68. The zero-order chi connectivity index (χ0) is 20.9. The molecule has 0 radical (unpaired) electrons. The van der Waals surface area contributed by atoms with Crippen LogP contribution in [0.2, 0.25) is 0 Å². The first-order valence-electron chi connectivity index (χ1n) is 9.76. The van der Waals surface area contributed by atoms with Gasteiger partial charge in [0.05, 0.1) is 10.5 Å². The van der Waals surface area contributed by atoms with Crippen molar-refractivity contribution >= 4 is 21.9 Å². The Morgan fingerprint density at radius 1 is 1.18 bits per heavy atom. The number of rotatable bonds is 7. The Bertz CT molecular complexity index is 810. The molecule has 0 N–H and O–H groups in total. The Labute approximate surface area is 167 Å². The predicted molar refractivity (Wildman–Crippen MR) is 107 cm³/mol. The fourth-order valence-corrected chi connectivity index (χ4v) is 4.73. The van der Waals surface area contributed by atoms with Gasteiger partial charge in [-0.05, 0) is 43.4 Å². The zero-order valence-corrected chi connectivity index (χ0v) is 17.9. The Morgan fingerprint density at radius 2 is 1.79 bits per heavy atom. The fraction of sp³-hybridized carbons (Fsp3) is 0.600. The molecular formula is C20H30N2O5S. The molecule has 0 spiro atoms. The van der Waals surface area contributed by atoms with E-state index in [1.165, 1.54) is 16.4 Å². The summed E-state index contributed by atoms with van der Waals surface area (Å²) in [5, 5.41) is 0. The third-order valence-electron chi connectivity index (χ3n) is 5.24. The van der Waals surface area contributed by atoms with Gasteiger partial charge in [0.15, 0.2) is 6.61 Å². The van der Waals surface area contributed by atoms with E-state index in [2.05, 4.69) is 6.92 Å². The number of hydrogen-bond acceptors (Lipinski definition) is 5. The molecule has 1 aromatic carbocycles. The SMILES string of the molecule is CCN(CC)S(=O)(=O)c1ccc(C)c(C(=O)OCC(=O)N2CCC(C)CC2)c1. The predicted octanol–water partition coefficient (Wildman–Crippen LogP) is 2.44. The van der Waals surface area contributed by atoms with Crippen molar-refractivity contribution < 1.29 is 22.7 Å². The molecule has 7 nitrogen and oxygen atoms in total. The van der Waals surface area contributed by atoms with Crippen LogP contribution >= 0.6 is 0 Å². The highest BCUT2D eigenvalue weighted by molar-refractivity contribution is 7.89. The van der Waals surface area contributed by atoms with Crippen LogP contribution in [0.25, 0.3) is 0 Å². The van der Waals surface area contributed by atoms with Crippen molar-refractivity contribution in [1.82, 2.24) is 9.21 Å². The standard InChI is InChI=1S/C20H30N2O5S/c1-5-22(6-2)28(25,26)17-8-7-16(4)18(13-17)20(24)27-14-19(23)21-11-9-15(3)10-12-21/h7-8,13,15H,5-6,9-12,14H2,1-4H3. The minimum Gasteiger partial charge on any atom is -0.452 e. The number of ether oxygens (including phenoxy) is 1. The molecule has 1 amide bonds. The number of aryl methyl sites for hydroxylation is 1. The van der Waals surface area contributed by atoms with Crippen molar-refractivity contribution in [3.05, 3.63) is 29.3 Å². The van der Waals surface area contributed by atoms with Crippen molar-refractivity contribution in [1.29, 1.82) is 0 Å². The van der Waals surface area contributed by atoms with E-state index in [4.69, 9.17) is 4.74 Å². The molecule has 1 heterocycles. The van der Waals surface area contributed by atoms with Gasteiger partial charge in [0.1, 0.15) is 0 Å². The van der Waals surface area contributed by atoms with Gasteiger partial charge in [-0.2, -0.15) is 4.31 Å². The maximum Gasteiger partial charge on any atom is 0.338 e. The summed E-state index contributed by atoms with van der Waals surface area (Å²) < 4.78 is 31.9. The van der Waals surface area contributed by atoms with E-state index >= 15 is 0 Å². The van der Waals surface area contributed by atoms with Crippen LogP contribution in [0.3, 0.4) is 0 Å². The lowest BCUT2D eigenvalue weighted by molar-refractivity contribution is -0.135. The largest absolute Gasteiger partial charge is 0.452 e. The van der Waals surface area contributed by atoms with Crippen LogP contribution < -0.4 is 0 Å². The van der Waals surface area contributed by atoms with Gasteiger partial charge in [-0.25, -0.2) is 13.2 Å². The second kappa shape index (κ2) is 9.52. The number of nitrogens with zero attached hydrogens (tertiary/aromatic N) is 2. The molecule has 0 saturated carbocycles. The van der Waals surface area contributed by atoms with Crippen LogP contribution in [0, 0.1) is 12.8 Å². The van der Waals surface area contributed by atoms with Crippen molar-refractivity contribution in [2.24, 2.45) is 5.92 Å². The van der Waals surface area contributed by atoms with E-state index in [0.29, 0.717) is 37.7 Å². The van der Waals surface area contributed by atoms with Gasteiger partial charge in [-0.3, -0.25) is 4.79 Å². The van der Waals surface area contributed by atoms with E-state index in [-0.39, 0.29) is 23.0 Å². The summed E-state index contributed by atoms with van der Waals surface area (Å²) >= 11 is 0. The van der Waals surface area contributed by atoms with Crippen LogP contribution in [0.5, 0.6) is 0 Å². The monoisotopic (exact) mass is 410 g/mol. The van der Waals surface area contributed by atoms with E-state index < -0.39 is 16.0 Å². The normalized spacial score (nSPS) is 15.7.